The van der Waals surface area contributed by atoms with E-state index in [2.05, 4.69) is 25.7 Å². The minimum absolute atomic E-state index is 0.0815. The summed E-state index contributed by atoms with van der Waals surface area (Å²) in [6, 6.07) is 4.49. The first-order valence-corrected chi connectivity index (χ1v) is 11.5. The Hall–Kier alpha value is -1.60. The Morgan fingerprint density at radius 2 is 1.81 bits per heavy atom. The van der Waals surface area contributed by atoms with Gasteiger partial charge in [-0.2, -0.15) is 13.2 Å². The average molecular weight is 437 g/mol. The molecule has 0 N–H and O–H groups in total. The van der Waals surface area contributed by atoms with Crippen molar-refractivity contribution in [2.45, 2.75) is 83.5 Å². The monoisotopic (exact) mass is 436 g/mol. The Bertz CT molecular complexity index is 878. The van der Waals surface area contributed by atoms with Gasteiger partial charge in [0.15, 0.2) is 0 Å². The predicted octanol–water partition coefficient (Wildman–Crippen LogP) is 4.26. The molecule has 1 aromatic rings. The second kappa shape index (κ2) is 7.20. The molecule has 1 amide bonds. The fraction of sp³-hybridized carbons (Fsp3) is 0.708. The van der Waals surface area contributed by atoms with Gasteiger partial charge in [-0.1, -0.05) is 13.0 Å². The van der Waals surface area contributed by atoms with E-state index in [-0.39, 0.29) is 35.5 Å². The summed E-state index contributed by atoms with van der Waals surface area (Å²) < 4.78 is 45.4. The van der Waals surface area contributed by atoms with Crippen LogP contribution in [-0.4, -0.2) is 53.1 Å². The minimum atomic E-state index is -4.36. The van der Waals surface area contributed by atoms with Crippen molar-refractivity contribution in [3.05, 3.63) is 34.9 Å². The van der Waals surface area contributed by atoms with E-state index >= 15 is 0 Å². The number of nitrogens with zero attached hydrogens (tertiary/aromatic N) is 2. The zero-order chi connectivity index (χ0) is 22.1. The van der Waals surface area contributed by atoms with E-state index in [0.29, 0.717) is 24.6 Å². The molecular formula is C24H31F3N2O2. The van der Waals surface area contributed by atoms with Crippen molar-refractivity contribution in [3.63, 3.8) is 0 Å². The third-order valence-corrected chi connectivity index (χ3v) is 8.33. The number of amides is 1. The quantitative estimate of drug-likeness (QED) is 0.660. The molecule has 170 valence electrons. The number of benzene rings is 1. The van der Waals surface area contributed by atoms with Crippen molar-refractivity contribution in [1.29, 1.82) is 0 Å². The van der Waals surface area contributed by atoms with Gasteiger partial charge < -0.3 is 9.64 Å². The standard InChI is InChI=1S/C24H31F3N2O2/c1-14-11-28(12-15(2)31-14)20-6-7-23(10-20)16(3)21-9-17-4-5-19(24(25,26)27)8-18(17)13-29(21)22(23)30/h4-5,8,14-16,20-21H,6-7,9-13H2,1-3H3/t14-,15+,16?,20?,21?,23?. The molecule has 0 bridgehead atoms. The highest BCUT2D eigenvalue weighted by molar-refractivity contribution is 5.87. The molecule has 3 aliphatic heterocycles. The van der Waals surface area contributed by atoms with Crippen molar-refractivity contribution < 1.29 is 22.7 Å². The first-order valence-electron chi connectivity index (χ1n) is 11.5. The zero-order valence-corrected chi connectivity index (χ0v) is 18.4. The van der Waals surface area contributed by atoms with Gasteiger partial charge in [0.25, 0.3) is 0 Å². The van der Waals surface area contributed by atoms with Gasteiger partial charge in [0, 0.05) is 31.7 Å². The van der Waals surface area contributed by atoms with Crippen molar-refractivity contribution in [1.82, 2.24) is 9.80 Å². The molecule has 6 atom stereocenters. The van der Waals surface area contributed by atoms with Crippen LogP contribution in [0.3, 0.4) is 0 Å². The number of alkyl halides is 3. The van der Waals surface area contributed by atoms with Gasteiger partial charge >= 0.3 is 6.18 Å². The van der Waals surface area contributed by atoms with Gasteiger partial charge in [-0.3, -0.25) is 9.69 Å². The summed E-state index contributed by atoms with van der Waals surface area (Å²) in [6.07, 6.45) is -0.597. The number of fused-ring (bicyclic) bond motifs is 2. The molecule has 1 saturated carbocycles. The van der Waals surface area contributed by atoms with E-state index in [4.69, 9.17) is 4.74 Å². The van der Waals surface area contributed by atoms with E-state index in [1.54, 1.807) is 6.07 Å². The minimum Gasteiger partial charge on any atom is -0.373 e. The van der Waals surface area contributed by atoms with Gasteiger partial charge in [-0.15, -0.1) is 0 Å². The van der Waals surface area contributed by atoms with Gasteiger partial charge in [-0.25, -0.2) is 0 Å². The molecule has 0 aromatic heterocycles. The van der Waals surface area contributed by atoms with Crippen LogP contribution in [0, 0.1) is 11.3 Å². The third kappa shape index (κ3) is 3.39. The molecule has 4 nitrogen and oxygen atoms in total. The van der Waals surface area contributed by atoms with Crippen LogP contribution >= 0.6 is 0 Å². The van der Waals surface area contributed by atoms with Crippen LogP contribution in [0.1, 0.15) is 56.7 Å². The highest BCUT2D eigenvalue weighted by Crippen LogP contribution is 2.55. The number of halogens is 3. The second-order valence-electron chi connectivity index (χ2n) is 10.2. The molecule has 1 aromatic carbocycles. The van der Waals surface area contributed by atoms with E-state index in [1.807, 2.05) is 4.90 Å². The number of carbonyl (C=O) groups excluding carboxylic acids is 1. The number of morpholine rings is 1. The van der Waals surface area contributed by atoms with Gasteiger partial charge in [0.05, 0.1) is 23.2 Å². The summed E-state index contributed by atoms with van der Waals surface area (Å²) in [5.41, 5.74) is 0.593. The first-order chi connectivity index (χ1) is 14.6. The zero-order valence-electron chi connectivity index (χ0n) is 18.4. The maximum Gasteiger partial charge on any atom is 0.416 e. The van der Waals surface area contributed by atoms with E-state index < -0.39 is 11.7 Å². The molecule has 4 unspecified atom stereocenters. The highest BCUT2D eigenvalue weighted by Gasteiger charge is 2.60. The second-order valence-corrected chi connectivity index (χ2v) is 10.2. The number of ether oxygens (including phenoxy) is 1. The molecule has 5 rings (SSSR count). The van der Waals surface area contributed by atoms with E-state index in [1.165, 1.54) is 12.1 Å². The van der Waals surface area contributed by atoms with Crippen molar-refractivity contribution in [2.75, 3.05) is 13.1 Å². The van der Waals surface area contributed by atoms with Crippen molar-refractivity contribution >= 4 is 5.91 Å². The van der Waals surface area contributed by atoms with Crippen molar-refractivity contribution in [2.24, 2.45) is 11.3 Å². The van der Waals surface area contributed by atoms with Crippen LogP contribution in [0.4, 0.5) is 13.2 Å². The lowest BCUT2D eigenvalue weighted by molar-refractivity contribution is -0.138. The number of carbonyl (C=O) groups is 1. The summed E-state index contributed by atoms with van der Waals surface area (Å²) in [5, 5.41) is 0. The summed E-state index contributed by atoms with van der Waals surface area (Å²) in [7, 11) is 0. The maximum atomic E-state index is 13.7. The van der Waals surface area contributed by atoms with Crippen LogP contribution in [0.5, 0.6) is 0 Å². The Kier molecular flexibility index (Phi) is 4.94. The Morgan fingerprint density at radius 3 is 2.48 bits per heavy atom. The normalized spacial score (nSPS) is 38.6. The molecule has 4 aliphatic rings. The molecule has 3 heterocycles. The van der Waals surface area contributed by atoms with E-state index in [9.17, 15) is 18.0 Å². The van der Waals surface area contributed by atoms with Gasteiger partial charge in [0.1, 0.15) is 0 Å². The molecule has 3 fully saturated rings. The summed E-state index contributed by atoms with van der Waals surface area (Å²) in [4.78, 5) is 18.1. The fourth-order valence-corrected chi connectivity index (χ4v) is 6.79. The van der Waals surface area contributed by atoms with E-state index in [0.717, 1.165) is 37.9 Å². The molecule has 0 radical (unpaired) electrons. The third-order valence-electron chi connectivity index (χ3n) is 8.33. The van der Waals surface area contributed by atoms with Crippen LogP contribution in [-0.2, 0) is 28.7 Å². The summed E-state index contributed by atoms with van der Waals surface area (Å²) >= 11 is 0. The van der Waals surface area contributed by atoms with Crippen LogP contribution < -0.4 is 0 Å². The number of hydrogen-bond donors (Lipinski definition) is 0. The van der Waals surface area contributed by atoms with Gasteiger partial charge in [-0.05, 0) is 68.7 Å². The highest BCUT2D eigenvalue weighted by atomic mass is 19.4. The molecule has 1 spiro atoms. The molecular weight excluding hydrogens is 405 g/mol. The van der Waals surface area contributed by atoms with Crippen LogP contribution in [0.15, 0.2) is 18.2 Å². The predicted molar refractivity (Wildman–Crippen MR) is 110 cm³/mol. The Balaban J connectivity index is 1.38. The molecule has 31 heavy (non-hydrogen) atoms. The largest absolute Gasteiger partial charge is 0.416 e. The summed E-state index contributed by atoms with van der Waals surface area (Å²) in [5.74, 6) is 0.362. The number of rotatable bonds is 1. The lowest BCUT2D eigenvalue weighted by atomic mass is 9.73. The first kappa shape index (κ1) is 21.3. The average Bonchev–Trinajstić information content (AvgIpc) is 3.23. The Labute approximate surface area is 181 Å². The van der Waals surface area contributed by atoms with Gasteiger partial charge in [0.2, 0.25) is 5.91 Å². The number of hydrogen-bond acceptors (Lipinski definition) is 3. The van der Waals surface area contributed by atoms with Crippen LogP contribution in [0.2, 0.25) is 0 Å². The maximum absolute atomic E-state index is 13.7. The SMILES string of the molecule is CC1C2Cc3ccc(C(F)(F)F)cc3CN2C(=O)C12CCC(N1C[C@@H](C)O[C@@H](C)C1)C2. The lowest BCUT2D eigenvalue weighted by Crippen LogP contribution is -2.50. The summed E-state index contributed by atoms with van der Waals surface area (Å²) in [6.45, 7) is 8.47. The lowest BCUT2D eigenvalue weighted by Gasteiger charge is -2.39. The molecule has 1 aliphatic carbocycles. The Morgan fingerprint density at radius 1 is 1.10 bits per heavy atom. The topological polar surface area (TPSA) is 32.8 Å². The fourth-order valence-electron chi connectivity index (χ4n) is 6.79. The molecule has 2 saturated heterocycles. The van der Waals surface area contributed by atoms with Crippen LogP contribution in [0.25, 0.3) is 0 Å². The molecule has 7 heteroatoms. The van der Waals surface area contributed by atoms with Crippen molar-refractivity contribution in [3.8, 4) is 0 Å². The smallest absolute Gasteiger partial charge is 0.373 e.